The molecule has 0 unspecified atom stereocenters. The second kappa shape index (κ2) is 5.55. The SMILES string of the molecule is NC(=O)c1sccc1NCC=C(F)C(F)F. The van der Waals surface area contributed by atoms with Gasteiger partial charge < -0.3 is 11.1 Å². The Labute approximate surface area is 93.8 Å². The number of rotatable bonds is 5. The topological polar surface area (TPSA) is 55.1 Å². The molecule has 1 aromatic rings. The summed E-state index contributed by atoms with van der Waals surface area (Å²) in [6, 6.07) is 1.57. The summed E-state index contributed by atoms with van der Waals surface area (Å²) >= 11 is 1.12. The van der Waals surface area contributed by atoms with Crippen molar-refractivity contribution in [2.75, 3.05) is 11.9 Å². The van der Waals surface area contributed by atoms with Crippen molar-refractivity contribution < 1.29 is 18.0 Å². The van der Waals surface area contributed by atoms with E-state index in [1.165, 1.54) is 0 Å². The van der Waals surface area contributed by atoms with Gasteiger partial charge in [0.2, 0.25) is 0 Å². The lowest BCUT2D eigenvalue weighted by molar-refractivity contribution is 0.100. The summed E-state index contributed by atoms with van der Waals surface area (Å²) in [5, 5.41) is 4.24. The molecular weight excluding hydrogens is 241 g/mol. The molecule has 0 bridgehead atoms. The van der Waals surface area contributed by atoms with E-state index in [0.29, 0.717) is 11.8 Å². The molecular formula is C9H9F3N2OS. The van der Waals surface area contributed by atoms with Crippen LogP contribution in [0.3, 0.4) is 0 Å². The molecule has 0 atom stereocenters. The Morgan fingerprint density at radius 2 is 2.31 bits per heavy atom. The van der Waals surface area contributed by atoms with Gasteiger partial charge in [-0.1, -0.05) is 0 Å². The lowest BCUT2D eigenvalue weighted by Crippen LogP contribution is -2.12. The fourth-order valence-corrected chi connectivity index (χ4v) is 1.71. The molecule has 0 fully saturated rings. The number of allylic oxidation sites excluding steroid dienone is 1. The predicted molar refractivity (Wildman–Crippen MR) is 56.5 cm³/mol. The van der Waals surface area contributed by atoms with Gasteiger partial charge in [0, 0.05) is 6.54 Å². The van der Waals surface area contributed by atoms with Crippen LogP contribution < -0.4 is 11.1 Å². The molecule has 1 amide bonds. The number of nitrogens with one attached hydrogen (secondary N) is 1. The molecule has 3 N–H and O–H groups in total. The Morgan fingerprint density at radius 3 is 2.88 bits per heavy atom. The van der Waals surface area contributed by atoms with Gasteiger partial charge in [0.05, 0.1) is 5.69 Å². The smallest absolute Gasteiger partial charge is 0.289 e. The highest BCUT2D eigenvalue weighted by atomic mass is 32.1. The number of amides is 1. The Balaban J connectivity index is 2.59. The number of hydrogen-bond donors (Lipinski definition) is 2. The van der Waals surface area contributed by atoms with Crippen LogP contribution >= 0.6 is 11.3 Å². The molecule has 1 rings (SSSR count). The Bertz CT molecular complexity index is 403. The first-order chi connectivity index (χ1) is 7.52. The quantitative estimate of drug-likeness (QED) is 0.843. The van der Waals surface area contributed by atoms with Crippen molar-refractivity contribution in [3.8, 4) is 0 Å². The number of anilines is 1. The predicted octanol–water partition coefficient (Wildman–Crippen LogP) is 2.38. The lowest BCUT2D eigenvalue weighted by Gasteiger charge is -2.02. The molecule has 0 aromatic carbocycles. The van der Waals surface area contributed by atoms with Crippen molar-refractivity contribution in [1.82, 2.24) is 0 Å². The largest absolute Gasteiger partial charge is 0.380 e. The standard InChI is InChI=1S/C9H9F3N2OS/c10-5(8(11)12)1-3-14-6-2-4-16-7(6)9(13)15/h1-2,4,8,14H,3H2,(H2,13,15). The zero-order chi connectivity index (χ0) is 12.1. The third kappa shape index (κ3) is 3.27. The van der Waals surface area contributed by atoms with Crippen LogP contribution in [0.15, 0.2) is 23.3 Å². The monoisotopic (exact) mass is 250 g/mol. The zero-order valence-electron chi connectivity index (χ0n) is 8.04. The number of halogens is 3. The summed E-state index contributed by atoms with van der Waals surface area (Å²) in [6.45, 7) is -0.132. The summed E-state index contributed by atoms with van der Waals surface area (Å²) in [4.78, 5) is 11.2. The number of carbonyl (C=O) groups excluding carboxylic acids is 1. The Kier molecular flexibility index (Phi) is 4.36. The van der Waals surface area contributed by atoms with Gasteiger partial charge in [-0.3, -0.25) is 4.79 Å². The molecule has 0 spiro atoms. The first-order valence-electron chi connectivity index (χ1n) is 4.27. The second-order valence-corrected chi connectivity index (χ2v) is 3.71. The molecule has 0 radical (unpaired) electrons. The van der Waals surface area contributed by atoms with Crippen molar-refractivity contribution in [2.45, 2.75) is 6.43 Å². The minimum absolute atomic E-state index is 0.132. The molecule has 0 aliphatic heterocycles. The lowest BCUT2D eigenvalue weighted by atomic mass is 10.3. The van der Waals surface area contributed by atoms with E-state index in [4.69, 9.17) is 5.73 Å². The first-order valence-corrected chi connectivity index (χ1v) is 5.15. The fourth-order valence-electron chi connectivity index (χ4n) is 0.987. The summed E-state index contributed by atoms with van der Waals surface area (Å²) in [6.07, 6.45) is -2.40. The highest BCUT2D eigenvalue weighted by molar-refractivity contribution is 7.12. The maximum atomic E-state index is 12.4. The van der Waals surface area contributed by atoms with Gasteiger partial charge in [-0.05, 0) is 17.5 Å². The number of nitrogens with two attached hydrogens (primary N) is 1. The van der Waals surface area contributed by atoms with Crippen molar-refractivity contribution in [1.29, 1.82) is 0 Å². The van der Waals surface area contributed by atoms with Crippen molar-refractivity contribution >= 4 is 22.9 Å². The molecule has 0 aliphatic carbocycles. The summed E-state index contributed by atoms with van der Waals surface area (Å²) in [5.41, 5.74) is 5.47. The van der Waals surface area contributed by atoms with Crippen LogP contribution in [0.2, 0.25) is 0 Å². The Morgan fingerprint density at radius 1 is 1.62 bits per heavy atom. The Hall–Kier alpha value is -1.50. The molecule has 0 saturated heterocycles. The van der Waals surface area contributed by atoms with Crippen LogP contribution in [-0.4, -0.2) is 18.9 Å². The van der Waals surface area contributed by atoms with E-state index in [1.54, 1.807) is 11.4 Å². The van der Waals surface area contributed by atoms with E-state index in [1.807, 2.05) is 0 Å². The van der Waals surface area contributed by atoms with E-state index in [9.17, 15) is 18.0 Å². The van der Waals surface area contributed by atoms with Crippen molar-refractivity contribution in [2.24, 2.45) is 5.73 Å². The molecule has 88 valence electrons. The van der Waals surface area contributed by atoms with Crippen molar-refractivity contribution in [3.05, 3.63) is 28.2 Å². The number of primary amides is 1. The molecule has 1 aromatic heterocycles. The van der Waals surface area contributed by atoms with Gasteiger partial charge in [0.15, 0.2) is 5.83 Å². The van der Waals surface area contributed by atoms with Gasteiger partial charge >= 0.3 is 0 Å². The van der Waals surface area contributed by atoms with Gasteiger partial charge in [-0.2, -0.15) is 0 Å². The maximum absolute atomic E-state index is 12.4. The molecule has 0 aliphatic rings. The first kappa shape index (κ1) is 12.6. The number of alkyl halides is 2. The van der Waals surface area contributed by atoms with Gasteiger partial charge in [0.1, 0.15) is 4.88 Å². The number of hydrogen-bond acceptors (Lipinski definition) is 3. The van der Waals surface area contributed by atoms with E-state index in [-0.39, 0.29) is 11.4 Å². The fraction of sp³-hybridized carbons (Fsp3) is 0.222. The van der Waals surface area contributed by atoms with Crippen molar-refractivity contribution in [3.63, 3.8) is 0 Å². The van der Waals surface area contributed by atoms with E-state index < -0.39 is 18.2 Å². The maximum Gasteiger partial charge on any atom is 0.289 e. The van der Waals surface area contributed by atoms with E-state index in [0.717, 1.165) is 11.3 Å². The van der Waals surface area contributed by atoms with E-state index >= 15 is 0 Å². The van der Waals surface area contributed by atoms with Crippen LogP contribution in [0.25, 0.3) is 0 Å². The zero-order valence-corrected chi connectivity index (χ0v) is 8.86. The number of carbonyl (C=O) groups is 1. The van der Waals surface area contributed by atoms with Crippen LogP contribution in [0, 0.1) is 0 Å². The average molecular weight is 250 g/mol. The highest BCUT2D eigenvalue weighted by Crippen LogP contribution is 2.21. The second-order valence-electron chi connectivity index (χ2n) is 2.80. The number of thiophene rings is 1. The third-order valence-corrected chi connectivity index (χ3v) is 2.62. The minimum atomic E-state index is -3.11. The molecule has 7 heteroatoms. The summed E-state index contributed by atoms with van der Waals surface area (Å²) < 4.78 is 35.9. The third-order valence-electron chi connectivity index (χ3n) is 1.69. The minimum Gasteiger partial charge on any atom is -0.380 e. The van der Waals surface area contributed by atoms with Gasteiger partial charge in [-0.25, -0.2) is 13.2 Å². The summed E-state index contributed by atoms with van der Waals surface area (Å²) in [7, 11) is 0. The van der Waals surface area contributed by atoms with Crippen LogP contribution in [-0.2, 0) is 0 Å². The molecule has 16 heavy (non-hydrogen) atoms. The molecule has 3 nitrogen and oxygen atoms in total. The summed E-state index contributed by atoms with van der Waals surface area (Å²) in [5.74, 6) is -2.11. The van der Waals surface area contributed by atoms with E-state index in [2.05, 4.69) is 5.32 Å². The van der Waals surface area contributed by atoms with Crippen LogP contribution in [0.4, 0.5) is 18.9 Å². The highest BCUT2D eigenvalue weighted by Gasteiger charge is 2.10. The normalized spacial score (nSPS) is 11.9. The van der Waals surface area contributed by atoms with Crippen LogP contribution in [0.1, 0.15) is 9.67 Å². The van der Waals surface area contributed by atoms with Gasteiger partial charge in [0.25, 0.3) is 12.3 Å². The average Bonchev–Trinajstić information content (AvgIpc) is 2.65. The molecule has 1 heterocycles. The van der Waals surface area contributed by atoms with Crippen LogP contribution in [0.5, 0.6) is 0 Å². The van der Waals surface area contributed by atoms with Gasteiger partial charge in [-0.15, -0.1) is 11.3 Å². The molecule has 0 saturated carbocycles.